The third-order valence-electron chi connectivity index (χ3n) is 7.96. The smallest absolute Gasteiger partial charge is 0.334 e. The van der Waals surface area contributed by atoms with Crippen LogP contribution in [0.3, 0.4) is 0 Å². The van der Waals surface area contributed by atoms with Crippen molar-refractivity contribution >= 4 is 11.8 Å². The van der Waals surface area contributed by atoms with Crippen molar-refractivity contribution in [1.82, 2.24) is 0 Å². The van der Waals surface area contributed by atoms with E-state index in [1.54, 1.807) is 6.92 Å². The van der Waals surface area contributed by atoms with Crippen molar-refractivity contribution in [1.29, 1.82) is 0 Å². The normalized spacial score (nSPS) is 47.7. The van der Waals surface area contributed by atoms with E-state index >= 15 is 0 Å². The Morgan fingerprint density at radius 3 is 2.74 bits per heavy atom. The summed E-state index contributed by atoms with van der Waals surface area (Å²) in [5.41, 5.74) is 4.18. The first-order valence-corrected chi connectivity index (χ1v) is 9.05. The fourth-order valence-corrected chi connectivity index (χ4v) is 6.54. The number of hydrogen-bond donors (Lipinski definition) is 0. The van der Waals surface area contributed by atoms with Crippen molar-refractivity contribution in [3.8, 4) is 0 Å². The summed E-state index contributed by atoms with van der Waals surface area (Å²) in [4.78, 5) is 25.0. The van der Waals surface area contributed by atoms with E-state index in [-0.39, 0.29) is 23.3 Å². The Morgan fingerprint density at radius 1 is 1.17 bits per heavy atom. The van der Waals surface area contributed by atoms with E-state index in [0.717, 1.165) is 30.8 Å². The van der Waals surface area contributed by atoms with Crippen LogP contribution < -0.4 is 0 Å². The van der Waals surface area contributed by atoms with Gasteiger partial charge in [-0.25, -0.2) is 4.79 Å². The van der Waals surface area contributed by atoms with Gasteiger partial charge in [-0.3, -0.25) is 4.79 Å². The molecule has 0 saturated heterocycles. The fraction of sp³-hybridized carbons (Fsp3) is 0.700. The molecule has 0 N–H and O–H groups in total. The second-order valence-corrected chi connectivity index (χ2v) is 8.88. The molecular formula is C20H24O3. The van der Waals surface area contributed by atoms with Crippen molar-refractivity contribution in [2.24, 2.45) is 22.7 Å². The highest BCUT2D eigenvalue weighted by molar-refractivity contribution is 6.16. The lowest BCUT2D eigenvalue weighted by Gasteiger charge is -2.52. The maximum atomic E-state index is 13.0. The minimum Gasteiger partial charge on any atom is -0.454 e. The zero-order valence-corrected chi connectivity index (χ0v) is 14.2. The van der Waals surface area contributed by atoms with Crippen molar-refractivity contribution in [2.45, 2.75) is 65.4 Å². The van der Waals surface area contributed by atoms with E-state index in [1.807, 2.05) is 0 Å². The number of carbonyl (C=O) groups excluding carboxylic acids is 2. The summed E-state index contributed by atoms with van der Waals surface area (Å²) in [5.74, 6) is 1.42. The topological polar surface area (TPSA) is 43.4 Å². The summed E-state index contributed by atoms with van der Waals surface area (Å²) < 4.78 is 5.52. The van der Waals surface area contributed by atoms with E-state index in [9.17, 15) is 9.59 Å². The average molecular weight is 312 g/mol. The van der Waals surface area contributed by atoms with E-state index in [2.05, 4.69) is 13.8 Å². The minimum atomic E-state index is -0.311. The first kappa shape index (κ1) is 14.0. The van der Waals surface area contributed by atoms with Gasteiger partial charge in [-0.15, -0.1) is 0 Å². The number of rotatable bonds is 0. The van der Waals surface area contributed by atoms with Crippen LogP contribution in [0.4, 0.5) is 0 Å². The van der Waals surface area contributed by atoms with Gasteiger partial charge >= 0.3 is 5.97 Å². The van der Waals surface area contributed by atoms with Crippen LogP contribution >= 0.6 is 0 Å². The molecule has 1 aliphatic heterocycles. The summed E-state index contributed by atoms with van der Waals surface area (Å²) in [5, 5.41) is 0. The Hall–Kier alpha value is -1.38. The molecule has 0 radical (unpaired) electrons. The highest BCUT2D eigenvalue weighted by Gasteiger charge is 2.65. The highest BCUT2D eigenvalue weighted by Crippen LogP contribution is 2.73. The van der Waals surface area contributed by atoms with Crippen LogP contribution in [0.1, 0.15) is 59.3 Å². The molecule has 5 atom stereocenters. The molecule has 0 aromatic heterocycles. The number of ether oxygens (including phenoxy) is 1. The molecule has 0 amide bonds. The summed E-state index contributed by atoms with van der Waals surface area (Å²) >= 11 is 0. The molecule has 2 fully saturated rings. The molecule has 5 aliphatic rings. The summed E-state index contributed by atoms with van der Waals surface area (Å²) in [6.07, 6.45) is 6.34. The molecule has 0 bridgehead atoms. The molecule has 4 aliphatic carbocycles. The maximum absolute atomic E-state index is 13.0. The van der Waals surface area contributed by atoms with Gasteiger partial charge in [0.2, 0.25) is 0 Å². The third kappa shape index (κ3) is 1.52. The van der Waals surface area contributed by atoms with Crippen LogP contribution in [-0.2, 0) is 14.3 Å². The predicted octanol–water partition coefficient (Wildman–Crippen LogP) is 3.73. The number of fused-ring (bicyclic) bond motifs is 5. The standard InChI is InChI=1S/C20H24O3/c1-10-16-14(23-18(10)22)8-13-12(17(16)21)4-5-15-19(13,2)7-6-11-9-20(11,15)3/h11,14-15H,4-9H2,1-3H3/t11-,14-,15+,19+,20+/m0/s1. The minimum absolute atomic E-state index is 0.113. The molecule has 1 heterocycles. The second-order valence-electron chi connectivity index (χ2n) is 8.88. The molecule has 0 unspecified atom stereocenters. The van der Waals surface area contributed by atoms with Crippen molar-refractivity contribution in [3.05, 3.63) is 22.3 Å². The van der Waals surface area contributed by atoms with Crippen LogP contribution in [0.25, 0.3) is 0 Å². The van der Waals surface area contributed by atoms with Crippen LogP contribution in [0.2, 0.25) is 0 Å². The monoisotopic (exact) mass is 312 g/mol. The first-order valence-electron chi connectivity index (χ1n) is 9.05. The van der Waals surface area contributed by atoms with Gasteiger partial charge in [0, 0.05) is 12.0 Å². The van der Waals surface area contributed by atoms with Gasteiger partial charge in [-0.05, 0) is 67.3 Å². The molecule has 0 aromatic rings. The van der Waals surface area contributed by atoms with Crippen LogP contribution in [0.5, 0.6) is 0 Å². The molecular weight excluding hydrogens is 288 g/mol. The van der Waals surface area contributed by atoms with Gasteiger partial charge in [0.15, 0.2) is 5.78 Å². The van der Waals surface area contributed by atoms with Gasteiger partial charge in [0.05, 0.1) is 5.57 Å². The van der Waals surface area contributed by atoms with Crippen LogP contribution in [-0.4, -0.2) is 17.9 Å². The largest absolute Gasteiger partial charge is 0.454 e. The van der Waals surface area contributed by atoms with E-state index in [1.165, 1.54) is 24.8 Å². The number of hydrogen-bond acceptors (Lipinski definition) is 3. The van der Waals surface area contributed by atoms with Gasteiger partial charge in [0.1, 0.15) is 6.10 Å². The quantitative estimate of drug-likeness (QED) is 0.640. The predicted molar refractivity (Wildman–Crippen MR) is 85.5 cm³/mol. The van der Waals surface area contributed by atoms with E-state index in [4.69, 9.17) is 4.74 Å². The number of allylic oxidation sites excluding steroid dienone is 1. The van der Waals surface area contributed by atoms with E-state index < -0.39 is 0 Å². The summed E-state index contributed by atoms with van der Waals surface area (Å²) in [6, 6.07) is 0. The Kier molecular flexibility index (Phi) is 2.43. The first-order chi connectivity index (χ1) is 10.9. The van der Waals surface area contributed by atoms with E-state index in [0.29, 0.717) is 22.5 Å². The van der Waals surface area contributed by atoms with Crippen LogP contribution in [0.15, 0.2) is 22.3 Å². The summed E-state index contributed by atoms with van der Waals surface area (Å²) in [6.45, 7) is 6.59. The van der Waals surface area contributed by atoms with Crippen molar-refractivity contribution in [2.75, 3.05) is 0 Å². The lowest BCUT2D eigenvalue weighted by molar-refractivity contribution is -0.140. The zero-order valence-electron chi connectivity index (χ0n) is 14.2. The Balaban J connectivity index is 1.62. The molecule has 0 spiro atoms. The molecule has 5 rings (SSSR count). The molecule has 3 nitrogen and oxygen atoms in total. The van der Waals surface area contributed by atoms with Gasteiger partial charge in [-0.1, -0.05) is 19.4 Å². The van der Waals surface area contributed by atoms with Crippen molar-refractivity contribution in [3.63, 3.8) is 0 Å². The van der Waals surface area contributed by atoms with Gasteiger partial charge < -0.3 is 4.74 Å². The average Bonchev–Trinajstić information content (AvgIpc) is 3.10. The van der Waals surface area contributed by atoms with Crippen molar-refractivity contribution < 1.29 is 14.3 Å². The Labute approximate surface area is 137 Å². The molecule has 23 heavy (non-hydrogen) atoms. The molecule has 122 valence electrons. The number of esters is 1. The van der Waals surface area contributed by atoms with Gasteiger partial charge in [-0.2, -0.15) is 0 Å². The number of Topliss-reactive ketones (excluding diaryl/α,β-unsaturated/α-hetero) is 1. The highest BCUT2D eigenvalue weighted by atomic mass is 16.5. The number of carbonyl (C=O) groups is 2. The fourth-order valence-electron chi connectivity index (χ4n) is 6.54. The van der Waals surface area contributed by atoms with Crippen LogP contribution in [0, 0.1) is 22.7 Å². The maximum Gasteiger partial charge on any atom is 0.334 e. The third-order valence-corrected chi connectivity index (χ3v) is 7.96. The lowest BCUT2D eigenvalue weighted by atomic mass is 9.52. The Morgan fingerprint density at radius 2 is 1.96 bits per heavy atom. The van der Waals surface area contributed by atoms with Gasteiger partial charge in [0.25, 0.3) is 0 Å². The SMILES string of the molecule is CC1=C2C(=O)C3=C(C[C@@H]2OC1=O)[C@@]1(C)CC[C@H]2C[C@@]2(C)[C@@H]1CC3. The molecule has 2 saturated carbocycles. The Bertz CT molecular complexity index is 727. The zero-order chi connectivity index (χ0) is 16.1. The number of ketones is 1. The second kappa shape index (κ2) is 3.99. The molecule has 3 heteroatoms. The summed E-state index contributed by atoms with van der Waals surface area (Å²) in [7, 11) is 0. The lowest BCUT2D eigenvalue weighted by Crippen LogP contribution is -2.45. The molecule has 0 aromatic carbocycles.